The van der Waals surface area contributed by atoms with Gasteiger partial charge in [0.05, 0.1) is 0 Å². The van der Waals surface area contributed by atoms with E-state index in [1.54, 1.807) is 6.08 Å². The van der Waals surface area contributed by atoms with Crippen molar-refractivity contribution in [2.75, 3.05) is 0 Å². The summed E-state index contributed by atoms with van der Waals surface area (Å²) < 4.78 is 0. The highest BCUT2D eigenvalue weighted by molar-refractivity contribution is 6.06. The van der Waals surface area contributed by atoms with Crippen molar-refractivity contribution in [1.29, 1.82) is 0 Å². The normalized spacial score (nSPS) is 38.2. The number of allylic oxidation sites excluding steroid dienone is 7. The Balaban J connectivity index is 0.000000277. The molecule has 1 heterocycles. The fourth-order valence-corrected chi connectivity index (χ4v) is 9.71. The molecule has 0 amide bonds. The molecule has 5 aliphatic rings. The topological polar surface area (TPSA) is 91.6 Å². The van der Waals surface area contributed by atoms with Crippen molar-refractivity contribution in [2.24, 2.45) is 33.0 Å². The minimum atomic E-state index is -0.904. The van der Waals surface area contributed by atoms with Gasteiger partial charge in [-0.1, -0.05) is 64.5 Å². The highest BCUT2D eigenvalue weighted by Crippen LogP contribution is 2.75. The molecule has 2 aromatic rings. The molecule has 43 heavy (non-hydrogen) atoms. The molecule has 5 aliphatic carbocycles. The first-order chi connectivity index (χ1) is 20.2. The number of aromatic nitrogens is 1. The molecule has 1 aromatic heterocycles. The van der Waals surface area contributed by atoms with Crippen LogP contribution in [0.15, 0.2) is 88.9 Å². The maximum atomic E-state index is 12.6. The van der Waals surface area contributed by atoms with Gasteiger partial charge in [-0.3, -0.25) is 4.79 Å². The second-order valence-electron chi connectivity index (χ2n) is 15.2. The predicted octanol–water partition coefficient (Wildman–Crippen LogP) is 7.02. The number of hydrogen-bond acceptors (Lipinski definition) is 4. The Bertz CT molecular complexity index is 1600. The molecule has 0 bridgehead atoms. The van der Waals surface area contributed by atoms with E-state index in [0.29, 0.717) is 24.3 Å². The number of carboxylic acid groups (broad SMARTS) is 1. The number of carbonyl (C=O) groups is 2. The second-order valence-corrected chi connectivity index (χ2v) is 15.2. The van der Waals surface area contributed by atoms with Crippen molar-refractivity contribution >= 4 is 22.7 Å². The Morgan fingerprint density at radius 1 is 0.930 bits per heavy atom. The molecule has 0 unspecified atom stereocenters. The molecule has 6 atom stereocenters. The number of para-hydroxylation sites is 1. The predicted molar refractivity (Wildman–Crippen MR) is 166 cm³/mol. The molecule has 5 heteroatoms. The van der Waals surface area contributed by atoms with Crippen LogP contribution in [0.5, 0.6) is 0 Å². The summed E-state index contributed by atoms with van der Waals surface area (Å²) in [7, 11) is 0. The monoisotopic (exact) mass is 579 g/mol. The number of ketones is 1. The Hall–Kier alpha value is -3.47. The van der Waals surface area contributed by atoms with Crippen molar-refractivity contribution in [3.05, 3.63) is 88.9 Å². The molecule has 3 fully saturated rings. The van der Waals surface area contributed by atoms with Crippen LogP contribution < -0.4 is 10.1 Å². The van der Waals surface area contributed by atoms with Crippen LogP contribution in [0.2, 0.25) is 0 Å². The largest absolute Gasteiger partial charge is 0.550 e. The Morgan fingerprint density at radius 3 is 2.35 bits per heavy atom. The summed E-state index contributed by atoms with van der Waals surface area (Å²) >= 11 is 0. The van der Waals surface area contributed by atoms with Crippen LogP contribution in [-0.4, -0.2) is 16.9 Å². The molecule has 1 aromatic carbocycles. The van der Waals surface area contributed by atoms with E-state index in [-0.39, 0.29) is 33.2 Å². The van der Waals surface area contributed by atoms with Crippen molar-refractivity contribution in [2.45, 2.75) is 86.5 Å². The number of aliphatic hydroxyl groups excluding tert-OH is 1. The van der Waals surface area contributed by atoms with E-state index in [9.17, 15) is 19.8 Å². The molecule has 226 valence electrons. The maximum absolute atomic E-state index is 12.6. The van der Waals surface area contributed by atoms with Gasteiger partial charge in [-0.2, -0.15) is 0 Å². The van der Waals surface area contributed by atoms with Crippen molar-refractivity contribution in [3.63, 3.8) is 0 Å². The van der Waals surface area contributed by atoms with E-state index in [0.717, 1.165) is 43.3 Å². The maximum Gasteiger partial charge on any atom is 0.220 e. The van der Waals surface area contributed by atoms with Gasteiger partial charge in [-0.05, 0) is 103 Å². The molecule has 0 radical (unpaired) electrons. The van der Waals surface area contributed by atoms with Crippen molar-refractivity contribution in [1.82, 2.24) is 0 Å². The minimum absolute atomic E-state index is 0.0277. The molecule has 0 aliphatic heterocycles. The Morgan fingerprint density at radius 2 is 1.63 bits per heavy atom. The fraction of sp³-hybridized carbons (Fsp3) is 0.500. The van der Waals surface area contributed by atoms with Gasteiger partial charge in [0.2, 0.25) is 11.3 Å². The number of benzene rings is 1. The summed E-state index contributed by atoms with van der Waals surface area (Å²) in [5.41, 5.74) is 4.27. The molecule has 3 saturated carbocycles. The number of fused-ring (bicyclic) bond motifs is 8. The highest BCUT2D eigenvalue weighted by atomic mass is 16.4. The quantitative estimate of drug-likeness (QED) is 0.393. The van der Waals surface area contributed by atoms with E-state index in [1.165, 1.54) is 16.5 Å². The van der Waals surface area contributed by atoms with Gasteiger partial charge in [0, 0.05) is 39.9 Å². The minimum Gasteiger partial charge on any atom is -0.550 e. The summed E-state index contributed by atoms with van der Waals surface area (Å²) in [5, 5.41) is 23.7. The number of hydrogen-bond donors (Lipinski definition) is 1. The number of aliphatic carboxylic acids is 1. The SMILES string of the molecule is CC1=C(O)C(=O)C=C2C1=CC=C1[C@@]2(C)CC[C@@]2(C)[C@@H]3C[C@](C)(C(=O)[O-])CC[C@]3(C)CC[C@]12C.c1ccc2[nH+]cccc2c1. The summed E-state index contributed by atoms with van der Waals surface area (Å²) in [5.74, 6) is -1.04. The van der Waals surface area contributed by atoms with Crippen LogP contribution in [0.4, 0.5) is 0 Å². The lowest BCUT2D eigenvalue weighted by molar-refractivity contribution is -0.344. The van der Waals surface area contributed by atoms with Gasteiger partial charge in [-0.15, -0.1) is 0 Å². The van der Waals surface area contributed by atoms with Crippen LogP contribution in [-0.2, 0) is 9.59 Å². The van der Waals surface area contributed by atoms with E-state index in [2.05, 4.69) is 63.0 Å². The second kappa shape index (κ2) is 9.77. The van der Waals surface area contributed by atoms with Crippen molar-refractivity contribution < 1.29 is 24.8 Å². The number of carbonyl (C=O) groups excluding carboxylic acids is 2. The zero-order valence-electron chi connectivity index (χ0n) is 26.5. The number of aromatic amines is 1. The molecule has 5 nitrogen and oxygen atoms in total. The van der Waals surface area contributed by atoms with E-state index in [4.69, 9.17) is 0 Å². The van der Waals surface area contributed by atoms with Gasteiger partial charge in [0.25, 0.3) is 0 Å². The average molecular weight is 580 g/mol. The van der Waals surface area contributed by atoms with Gasteiger partial charge >= 0.3 is 0 Å². The van der Waals surface area contributed by atoms with E-state index in [1.807, 2.05) is 38.2 Å². The number of pyridine rings is 1. The van der Waals surface area contributed by atoms with E-state index >= 15 is 0 Å². The fourth-order valence-electron chi connectivity index (χ4n) is 9.71. The number of aliphatic hydroxyl groups is 1. The lowest BCUT2D eigenvalue weighted by Crippen LogP contribution is -2.62. The van der Waals surface area contributed by atoms with Gasteiger partial charge in [0.15, 0.2) is 12.0 Å². The summed E-state index contributed by atoms with van der Waals surface area (Å²) in [6, 6.07) is 12.3. The van der Waals surface area contributed by atoms with Crippen molar-refractivity contribution in [3.8, 4) is 0 Å². The lowest BCUT2D eigenvalue weighted by atomic mass is 9.34. The smallest absolute Gasteiger partial charge is 0.220 e. The number of rotatable bonds is 1. The lowest BCUT2D eigenvalue weighted by Gasteiger charge is -2.70. The average Bonchev–Trinajstić information content (AvgIpc) is 2.99. The zero-order valence-corrected chi connectivity index (χ0v) is 26.5. The molecule has 2 N–H and O–H groups in total. The first kappa shape index (κ1) is 29.6. The van der Waals surface area contributed by atoms with Crippen LogP contribution in [0.25, 0.3) is 10.9 Å². The molecule has 0 saturated heterocycles. The number of nitrogens with one attached hydrogen (secondary N) is 1. The first-order valence-electron chi connectivity index (χ1n) is 15.9. The van der Waals surface area contributed by atoms with E-state index < -0.39 is 11.4 Å². The van der Waals surface area contributed by atoms with Gasteiger partial charge < -0.3 is 15.0 Å². The summed E-state index contributed by atoms with van der Waals surface area (Å²) in [6.45, 7) is 13.2. The van der Waals surface area contributed by atoms with Crippen LogP contribution in [0.1, 0.15) is 86.5 Å². The Labute approximate surface area is 255 Å². The van der Waals surface area contributed by atoms with Crippen LogP contribution in [0, 0.1) is 33.0 Å². The van der Waals surface area contributed by atoms with Crippen LogP contribution >= 0.6 is 0 Å². The van der Waals surface area contributed by atoms with Gasteiger partial charge in [0.1, 0.15) is 0 Å². The number of carboxylic acids is 1. The number of H-pyrrole nitrogens is 1. The third kappa shape index (κ3) is 4.21. The van der Waals surface area contributed by atoms with Crippen LogP contribution in [0.3, 0.4) is 0 Å². The third-order valence-corrected chi connectivity index (χ3v) is 12.9. The zero-order chi connectivity index (χ0) is 31.0. The standard InChI is InChI=1S/C29H38O4.C9H7N/c1-17-18-7-8-21-27(4,19(18)15-20(30)23(17)31)12-14-29(6)22-16-26(3,24(32)33)10-9-25(22,2)11-13-28(21,29)5;1-2-6-9-8(4-1)5-3-7-10-9/h7-8,15,22,31H,9-14,16H2,1-6H3,(H,32,33);1-7H/t22-,25-,26-,27+,28-,29+;/m1./s1. The Kier molecular flexibility index (Phi) is 6.72. The van der Waals surface area contributed by atoms with Gasteiger partial charge in [-0.25, -0.2) is 4.98 Å². The molecular formula is C38H45NO4. The molecule has 7 rings (SSSR count). The summed E-state index contributed by atoms with van der Waals surface area (Å²) in [6.07, 6.45) is 14.4. The highest BCUT2D eigenvalue weighted by Gasteiger charge is 2.66. The molecule has 0 spiro atoms. The third-order valence-electron chi connectivity index (χ3n) is 12.9. The first-order valence-corrected chi connectivity index (χ1v) is 15.9. The molecular weight excluding hydrogens is 534 g/mol. The summed E-state index contributed by atoms with van der Waals surface area (Å²) in [4.78, 5) is 27.9.